The van der Waals surface area contributed by atoms with Crippen LogP contribution in [0.25, 0.3) is 0 Å². The number of nitrogens with one attached hydrogen (secondary N) is 1. The topological polar surface area (TPSA) is 78.7 Å². The van der Waals surface area contributed by atoms with Gasteiger partial charge in [0.1, 0.15) is 0 Å². The van der Waals surface area contributed by atoms with Gasteiger partial charge in [0.25, 0.3) is 0 Å². The van der Waals surface area contributed by atoms with Gasteiger partial charge >= 0.3 is 0 Å². The van der Waals surface area contributed by atoms with Crippen molar-refractivity contribution in [3.8, 4) is 0 Å². The molecule has 1 heterocycles. The summed E-state index contributed by atoms with van der Waals surface area (Å²) in [5.41, 5.74) is 6.27. The van der Waals surface area contributed by atoms with Crippen molar-refractivity contribution in [2.24, 2.45) is 5.73 Å². The van der Waals surface area contributed by atoms with Gasteiger partial charge < -0.3 is 16.0 Å². The maximum Gasteiger partial charge on any atom is 0.238 e. The molecule has 3 N–H and O–H groups in total. The minimum atomic E-state index is -0.123. The minimum absolute atomic E-state index is 0. The van der Waals surface area contributed by atoms with Crippen molar-refractivity contribution in [3.05, 3.63) is 29.3 Å². The molecule has 1 unspecified atom stereocenters. The third-order valence-corrected chi connectivity index (χ3v) is 4.07. The van der Waals surface area contributed by atoms with E-state index in [1.54, 1.807) is 12.1 Å². The lowest BCUT2D eigenvalue weighted by molar-refractivity contribution is -0.133. The van der Waals surface area contributed by atoms with Crippen LogP contribution in [0.5, 0.6) is 0 Å². The lowest BCUT2D eigenvalue weighted by atomic mass is 10.2. The molecule has 0 aliphatic carbocycles. The van der Waals surface area contributed by atoms with E-state index in [9.17, 15) is 9.59 Å². The molecule has 1 aromatic rings. The molecule has 0 spiro atoms. The highest BCUT2D eigenvalue weighted by atomic mass is 35.5. The summed E-state index contributed by atoms with van der Waals surface area (Å²) in [6.07, 6.45) is 0.368. The number of rotatable bonds is 5. The van der Waals surface area contributed by atoms with E-state index in [1.807, 2.05) is 28.9 Å². The van der Waals surface area contributed by atoms with Crippen LogP contribution in [0.2, 0.25) is 5.02 Å². The highest BCUT2D eigenvalue weighted by Gasteiger charge is 2.22. The van der Waals surface area contributed by atoms with Crippen molar-refractivity contribution in [1.29, 1.82) is 0 Å². The molecule has 0 bridgehead atoms. The van der Waals surface area contributed by atoms with E-state index in [-0.39, 0.29) is 42.7 Å². The van der Waals surface area contributed by atoms with Gasteiger partial charge in [-0.2, -0.15) is 0 Å². The monoisotopic (exact) mass is 410 g/mol. The number of halogens is 3. The second-order valence-corrected chi connectivity index (χ2v) is 6.27. The van der Waals surface area contributed by atoms with Gasteiger partial charge in [0.15, 0.2) is 0 Å². The van der Waals surface area contributed by atoms with E-state index in [1.165, 1.54) is 0 Å². The van der Waals surface area contributed by atoms with Crippen molar-refractivity contribution in [2.45, 2.75) is 19.4 Å². The van der Waals surface area contributed by atoms with E-state index >= 15 is 0 Å². The zero-order valence-corrected chi connectivity index (χ0v) is 16.5. The second kappa shape index (κ2) is 11.5. The average molecular weight is 412 g/mol. The van der Waals surface area contributed by atoms with E-state index in [4.69, 9.17) is 17.3 Å². The van der Waals surface area contributed by atoms with Gasteiger partial charge in [0, 0.05) is 38.6 Å². The predicted octanol–water partition coefficient (Wildman–Crippen LogP) is 2.00. The number of nitrogens with two attached hydrogens (primary N) is 1. The number of hydrogen-bond acceptors (Lipinski definition) is 4. The fourth-order valence-corrected chi connectivity index (χ4v) is 2.70. The smallest absolute Gasteiger partial charge is 0.238 e. The first kappa shape index (κ1) is 23.9. The lowest BCUT2D eigenvalue weighted by Gasteiger charge is -2.34. The molecule has 0 saturated carbocycles. The van der Waals surface area contributed by atoms with Crippen LogP contribution in [0.1, 0.15) is 13.3 Å². The number of anilines is 1. The molecule has 25 heavy (non-hydrogen) atoms. The fourth-order valence-electron chi connectivity index (χ4n) is 2.52. The molecule has 1 saturated heterocycles. The number of hydrogen-bond donors (Lipinski definition) is 2. The number of piperazine rings is 1. The zero-order valence-electron chi connectivity index (χ0n) is 14.1. The molecule has 6 nitrogen and oxygen atoms in total. The summed E-state index contributed by atoms with van der Waals surface area (Å²) in [5.74, 6) is -0.0198. The number of benzene rings is 1. The van der Waals surface area contributed by atoms with Gasteiger partial charge in [-0.3, -0.25) is 14.5 Å². The Morgan fingerprint density at radius 3 is 2.36 bits per heavy atom. The third kappa shape index (κ3) is 7.79. The molecule has 142 valence electrons. The maximum absolute atomic E-state index is 12.1. The minimum Gasteiger partial charge on any atom is -0.340 e. The molecule has 1 aromatic carbocycles. The summed E-state index contributed by atoms with van der Waals surface area (Å²) >= 11 is 6.02. The van der Waals surface area contributed by atoms with Crippen LogP contribution in [0.3, 0.4) is 0 Å². The molecule has 0 aromatic heterocycles. The molecular weight excluding hydrogens is 387 g/mol. The zero-order chi connectivity index (χ0) is 16.8. The van der Waals surface area contributed by atoms with Gasteiger partial charge in [-0.1, -0.05) is 23.7 Å². The molecule has 9 heteroatoms. The van der Waals surface area contributed by atoms with E-state index < -0.39 is 0 Å². The summed E-state index contributed by atoms with van der Waals surface area (Å²) < 4.78 is 0. The van der Waals surface area contributed by atoms with Gasteiger partial charge in [-0.25, -0.2) is 0 Å². The number of carbonyl (C=O) groups is 2. The molecule has 1 fully saturated rings. The third-order valence-electron chi connectivity index (χ3n) is 3.74. The summed E-state index contributed by atoms with van der Waals surface area (Å²) in [7, 11) is 0. The largest absolute Gasteiger partial charge is 0.340 e. The normalized spacial score (nSPS) is 15.6. The molecule has 0 radical (unpaired) electrons. The standard InChI is InChI=1S/C16H23ClN4O2.2ClH/c1-12(18)10-16(23)21-8-6-20(7-9-21)11-15(22)19-14-5-3-2-4-13(14)17;;/h2-5,12H,6-11,18H2,1H3,(H,19,22);2*1H. The van der Waals surface area contributed by atoms with E-state index in [0.29, 0.717) is 49.9 Å². The number of amides is 2. The van der Waals surface area contributed by atoms with Crippen molar-refractivity contribution in [1.82, 2.24) is 9.80 Å². The Balaban J connectivity index is 0.00000288. The quantitative estimate of drug-likeness (QED) is 0.777. The van der Waals surface area contributed by atoms with Crippen LogP contribution in [0, 0.1) is 0 Å². The van der Waals surface area contributed by atoms with Crippen molar-refractivity contribution >= 4 is 53.9 Å². The highest BCUT2D eigenvalue weighted by molar-refractivity contribution is 6.33. The number of nitrogens with zero attached hydrogens (tertiary/aromatic N) is 2. The predicted molar refractivity (Wildman–Crippen MR) is 106 cm³/mol. The number of carbonyl (C=O) groups excluding carboxylic acids is 2. The second-order valence-electron chi connectivity index (χ2n) is 5.87. The lowest BCUT2D eigenvalue weighted by Crippen LogP contribution is -2.51. The average Bonchev–Trinajstić information content (AvgIpc) is 2.49. The first-order valence-corrected chi connectivity index (χ1v) is 8.13. The SMILES string of the molecule is CC(N)CC(=O)N1CCN(CC(=O)Nc2ccccc2Cl)CC1.Cl.Cl. The Bertz CT molecular complexity index is 564. The molecule has 2 rings (SSSR count). The highest BCUT2D eigenvalue weighted by Crippen LogP contribution is 2.20. The van der Waals surface area contributed by atoms with Crippen molar-refractivity contribution < 1.29 is 9.59 Å². The summed E-state index contributed by atoms with van der Waals surface area (Å²) in [4.78, 5) is 27.9. The molecule has 1 aliphatic rings. The summed E-state index contributed by atoms with van der Waals surface area (Å²) in [5, 5.41) is 3.33. The Labute approximate surface area is 165 Å². The number of para-hydroxylation sites is 1. The van der Waals surface area contributed by atoms with E-state index in [2.05, 4.69) is 5.32 Å². The van der Waals surface area contributed by atoms with Crippen molar-refractivity contribution in [3.63, 3.8) is 0 Å². The Morgan fingerprint density at radius 1 is 1.20 bits per heavy atom. The molecule has 2 amide bonds. The van der Waals surface area contributed by atoms with Gasteiger partial charge in [-0.05, 0) is 19.1 Å². The van der Waals surface area contributed by atoms with Gasteiger partial charge in [-0.15, -0.1) is 24.8 Å². The Morgan fingerprint density at radius 2 is 1.80 bits per heavy atom. The van der Waals surface area contributed by atoms with Crippen LogP contribution in [0.15, 0.2) is 24.3 Å². The van der Waals surface area contributed by atoms with Crippen molar-refractivity contribution in [2.75, 3.05) is 38.0 Å². The molecular formula is C16H25Cl3N4O2. The van der Waals surface area contributed by atoms with Crippen LogP contribution >= 0.6 is 36.4 Å². The molecule has 1 atom stereocenters. The van der Waals surface area contributed by atoms with Crippen LogP contribution in [-0.2, 0) is 9.59 Å². The maximum atomic E-state index is 12.1. The molecule has 1 aliphatic heterocycles. The van der Waals surface area contributed by atoms with Gasteiger partial charge in [0.05, 0.1) is 17.3 Å². The van der Waals surface area contributed by atoms with Crippen LogP contribution in [-0.4, -0.2) is 60.4 Å². The fraction of sp³-hybridized carbons (Fsp3) is 0.500. The van der Waals surface area contributed by atoms with Gasteiger partial charge in [0.2, 0.25) is 11.8 Å². The first-order chi connectivity index (χ1) is 11.0. The van der Waals surface area contributed by atoms with Crippen LogP contribution < -0.4 is 11.1 Å². The first-order valence-electron chi connectivity index (χ1n) is 7.76. The Hall–Kier alpha value is -1.05. The van der Waals surface area contributed by atoms with Crippen LogP contribution in [0.4, 0.5) is 5.69 Å². The van der Waals surface area contributed by atoms with E-state index in [0.717, 1.165) is 0 Å². The summed E-state index contributed by atoms with van der Waals surface area (Å²) in [6.45, 7) is 4.74. The summed E-state index contributed by atoms with van der Waals surface area (Å²) in [6, 6.07) is 7.02. The Kier molecular flexibility index (Phi) is 11.1.